The van der Waals surface area contributed by atoms with E-state index in [4.69, 9.17) is 4.74 Å². The minimum Gasteiger partial charge on any atom is -0.497 e. The Balaban J connectivity index is 2.16. The molecule has 2 aromatic rings. The standard InChI is InChI=1S/C16H17BrO/c1-12-10-14(18-2)8-9-15(12)16(17)11-13-6-4-3-5-7-13/h3-10,16H,11H2,1-2H3. The van der Waals surface area contributed by atoms with Crippen molar-refractivity contribution in [1.82, 2.24) is 0 Å². The number of rotatable bonds is 4. The van der Waals surface area contributed by atoms with Crippen LogP contribution in [-0.2, 0) is 6.42 Å². The predicted molar refractivity (Wildman–Crippen MR) is 79.5 cm³/mol. The topological polar surface area (TPSA) is 9.23 Å². The van der Waals surface area contributed by atoms with E-state index in [9.17, 15) is 0 Å². The first kappa shape index (κ1) is 13.2. The van der Waals surface area contributed by atoms with Crippen molar-refractivity contribution < 1.29 is 4.74 Å². The van der Waals surface area contributed by atoms with Crippen molar-refractivity contribution in [3.63, 3.8) is 0 Å². The van der Waals surface area contributed by atoms with Crippen LogP contribution in [0.25, 0.3) is 0 Å². The van der Waals surface area contributed by atoms with Gasteiger partial charge in [-0.1, -0.05) is 52.3 Å². The first-order chi connectivity index (χ1) is 8.70. The molecule has 2 rings (SSSR count). The lowest BCUT2D eigenvalue weighted by Crippen LogP contribution is -1.98. The lowest BCUT2D eigenvalue weighted by Gasteiger charge is -2.14. The summed E-state index contributed by atoms with van der Waals surface area (Å²) in [5, 5.41) is 0. The van der Waals surface area contributed by atoms with Gasteiger partial charge in [0.2, 0.25) is 0 Å². The average Bonchev–Trinajstić information content (AvgIpc) is 2.39. The summed E-state index contributed by atoms with van der Waals surface area (Å²) < 4.78 is 5.23. The minimum absolute atomic E-state index is 0.339. The van der Waals surface area contributed by atoms with Crippen LogP contribution >= 0.6 is 15.9 Å². The zero-order valence-electron chi connectivity index (χ0n) is 10.7. The highest BCUT2D eigenvalue weighted by Gasteiger charge is 2.11. The summed E-state index contributed by atoms with van der Waals surface area (Å²) in [4.78, 5) is 0.339. The molecule has 1 atom stereocenters. The molecular weight excluding hydrogens is 288 g/mol. The minimum atomic E-state index is 0.339. The van der Waals surface area contributed by atoms with Gasteiger partial charge in [-0.15, -0.1) is 0 Å². The number of hydrogen-bond acceptors (Lipinski definition) is 1. The Morgan fingerprint density at radius 2 is 1.83 bits per heavy atom. The van der Waals surface area contributed by atoms with E-state index in [1.165, 1.54) is 16.7 Å². The molecule has 2 heteroatoms. The third kappa shape index (κ3) is 3.14. The maximum Gasteiger partial charge on any atom is 0.119 e. The van der Waals surface area contributed by atoms with Gasteiger partial charge in [0.1, 0.15) is 5.75 Å². The monoisotopic (exact) mass is 304 g/mol. The largest absolute Gasteiger partial charge is 0.497 e. The predicted octanol–water partition coefficient (Wildman–Crippen LogP) is 4.68. The van der Waals surface area contributed by atoms with E-state index in [0.29, 0.717) is 4.83 Å². The molecule has 18 heavy (non-hydrogen) atoms. The number of hydrogen-bond donors (Lipinski definition) is 0. The van der Waals surface area contributed by atoms with Gasteiger partial charge < -0.3 is 4.74 Å². The van der Waals surface area contributed by atoms with E-state index < -0.39 is 0 Å². The van der Waals surface area contributed by atoms with Crippen LogP contribution in [0.4, 0.5) is 0 Å². The fourth-order valence-electron chi connectivity index (χ4n) is 2.06. The molecule has 0 heterocycles. The molecule has 0 N–H and O–H groups in total. The van der Waals surface area contributed by atoms with Crippen molar-refractivity contribution in [3.05, 3.63) is 65.2 Å². The highest BCUT2D eigenvalue weighted by Crippen LogP contribution is 2.31. The zero-order valence-corrected chi connectivity index (χ0v) is 12.3. The normalized spacial score (nSPS) is 12.2. The van der Waals surface area contributed by atoms with Gasteiger partial charge in [0, 0.05) is 4.83 Å². The van der Waals surface area contributed by atoms with Crippen molar-refractivity contribution in [2.75, 3.05) is 7.11 Å². The van der Waals surface area contributed by atoms with Gasteiger partial charge in [-0.25, -0.2) is 0 Å². The lowest BCUT2D eigenvalue weighted by molar-refractivity contribution is 0.414. The molecule has 0 bridgehead atoms. The Bertz CT molecular complexity index is 508. The van der Waals surface area contributed by atoms with Crippen LogP contribution < -0.4 is 4.74 Å². The molecule has 0 radical (unpaired) electrons. The van der Waals surface area contributed by atoms with E-state index >= 15 is 0 Å². The molecule has 0 spiro atoms. The van der Waals surface area contributed by atoms with E-state index in [2.05, 4.69) is 59.3 Å². The number of methoxy groups -OCH3 is 1. The van der Waals surface area contributed by atoms with Crippen molar-refractivity contribution in [2.24, 2.45) is 0 Å². The van der Waals surface area contributed by atoms with Crippen molar-refractivity contribution >= 4 is 15.9 Å². The highest BCUT2D eigenvalue weighted by atomic mass is 79.9. The molecule has 0 fully saturated rings. The number of alkyl halides is 1. The van der Waals surface area contributed by atoms with Crippen LogP contribution in [0, 0.1) is 6.92 Å². The summed E-state index contributed by atoms with van der Waals surface area (Å²) in [5.41, 5.74) is 3.92. The third-order valence-corrected chi connectivity index (χ3v) is 3.89. The first-order valence-electron chi connectivity index (χ1n) is 6.03. The van der Waals surface area contributed by atoms with Crippen molar-refractivity contribution in [3.8, 4) is 5.75 Å². The number of ether oxygens (including phenoxy) is 1. The fraction of sp³-hybridized carbons (Fsp3) is 0.250. The second-order valence-corrected chi connectivity index (χ2v) is 5.49. The summed E-state index contributed by atoms with van der Waals surface area (Å²) in [6.45, 7) is 2.12. The highest BCUT2D eigenvalue weighted by molar-refractivity contribution is 9.09. The summed E-state index contributed by atoms with van der Waals surface area (Å²) in [7, 11) is 1.70. The SMILES string of the molecule is COc1ccc(C(Br)Cc2ccccc2)c(C)c1. The van der Waals surface area contributed by atoms with Crippen molar-refractivity contribution in [1.29, 1.82) is 0 Å². The Morgan fingerprint density at radius 3 is 2.44 bits per heavy atom. The Morgan fingerprint density at radius 1 is 1.11 bits per heavy atom. The number of aryl methyl sites for hydroxylation is 1. The smallest absolute Gasteiger partial charge is 0.119 e. The maximum absolute atomic E-state index is 5.23. The van der Waals surface area contributed by atoms with Crippen LogP contribution in [0.3, 0.4) is 0 Å². The summed E-state index contributed by atoms with van der Waals surface area (Å²) in [6, 6.07) is 16.8. The fourth-order valence-corrected chi connectivity index (χ4v) is 2.95. The maximum atomic E-state index is 5.23. The van der Waals surface area contributed by atoms with E-state index in [0.717, 1.165) is 12.2 Å². The van der Waals surface area contributed by atoms with Gasteiger partial charge in [-0.2, -0.15) is 0 Å². The summed E-state index contributed by atoms with van der Waals surface area (Å²) in [6.07, 6.45) is 0.994. The lowest BCUT2D eigenvalue weighted by atomic mass is 10.0. The molecule has 0 aliphatic heterocycles. The molecule has 0 saturated heterocycles. The molecule has 0 aliphatic carbocycles. The molecule has 0 amide bonds. The Labute approximate surface area is 117 Å². The second-order valence-electron chi connectivity index (χ2n) is 4.38. The Kier molecular flexibility index (Phi) is 4.43. The Hall–Kier alpha value is -1.28. The van der Waals surface area contributed by atoms with E-state index in [1.807, 2.05) is 12.1 Å². The van der Waals surface area contributed by atoms with Gasteiger partial charge in [0.05, 0.1) is 7.11 Å². The first-order valence-corrected chi connectivity index (χ1v) is 6.95. The molecule has 2 aromatic carbocycles. The van der Waals surface area contributed by atoms with Crippen LogP contribution in [0.1, 0.15) is 21.5 Å². The average molecular weight is 305 g/mol. The van der Waals surface area contributed by atoms with Crippen LogP contribution in [0.2, 0.25) is 0 Å². The van der Waals surface area contributed by atoms with Crippen LogP contribution in [-0.4, -0.2) is 7.11 Å². The van der Waals surface area contributed by atoms with Crippen molar-refractivity contribution in [2.45, 2.75) is 18.2 Å². The number of halogens is 1. The third-order valence-electron chi connectivity index (χ3n) is 3.07. The summed E-state index contributed by atoms with van der Waals surface area (Å²) >= 11 is 3.78. The van der Waals surface area contributed by atoms with E-state index in [1.54, 1.807) is 7.11 Å². The van der Waals surface area contributed by atoms with Crippen LogP contribution in [0.5, 0.6) is 5.75 Å². The number of benzene rings is 2. The quantitative estimate of drug-likeness (QED) is 0.745. The molecule has 94 valence electrons. The van der Waals surface area contributed by atoms with Crippen LogP contribution in [0.15, 0.2) is 48.5 Å². The second kappa shape index (κ2) is 6.05. The molecule has 0 aliphatic rings. The molecular formula is C16H17BrO. The molecule has 1 unspecified atom stereocenters. The summed E-state index contributed by atoms with van der Waals surface area (Å²) in [5.74, 6) is 0.913. The van der Waals surface area contributed by atoms with Gasteiger partial charge in [0.25, 0.3) is 0 Å². The molecule has 0 saturated carbocycles. The van der Waals surface area contributed by atoms with Gasteiger partial charge in [-0.05, 0) is 42.2 Å². The molecule has 0 aromatic heterocycles. The molecule has 1 nitrogen and oxygen atoms in total. The zero-order chi connectivity index (χ0) is 13.0. The van der Waals surface area contributed by atoms with Gasteiger partial charge in [0.15, 0.2) is 0 Å². The van der Waals surface area contributed by atoms with Gasteiger partial charge >= 0.3 is 0 Å². The van der Waals surface area contributed by atoms with Gasteiger partial charge in [-0.3, -0.25) is 0 Å². The van der Waals surface area contributed by atoms with E-state index in [-0.39, 0.29) is 0 Å².